The van der Waals surface area contributed by atoms with Crippen LogP contribution in [0.25, 0.3) is 9.40 Å². The maximum atomic E-state index is 12.3. The Bertz CT molecular complexity index is 1370. The fourth-order valence-corrected chi connectivity index (χ4v) is 6.52. The van der Waals surface area contributed by atoms with E-state index in [-0.39, 0.29) is 6.10 Å². The van der Waals surface area contributed by atoms with Crippen LogP contribution in [0.3, 0.4) is 0 Å². The van der Waals surface area contributed by atoms with Crippen molar-refractivity contribution in [1.29, 1.82) is 0 Å². The van der Waals surface area contributed by atoms with Gasteiger partial charge in [-0.2, -0.15) is 4.37 Å². The molecular weight excluding hydrogens is 476 g/mol. The molecule has 3 heterocycles. The molecule has 6 nitrogen and oxygen atoms in total. The van der Waals surface area contributed by atoms with E-state index in [0.29, 0.717) is 24.2 Å². The summed E-state index contributed by atoms with van der Waals surface area (Å²) < 4.78 is 11.8. The van der Waals surface area contributed by atoms with Gasteiger partial charge >= 0.3 is 12.1 Å². The molecule has 0 aliphatic heterocycles. The van der Waals surface area contributed by atoms with Crippen LogP contribution in [0.5, 0.6) is 0 Å². The number of nitrogens with one attached hydrogen (secondary N) is 1. The number of thiophene rings is 2. The zero-order valence-electron chi connectivity index (χ0n) is 17.5. The summed E-state index contributed by atoms with van der Waals surface area (Å²) in [5.41, 5.74) is 1.22. The first-order valence-corrected chi connectivity index (χ1v) is 12.7. The average Bonchev–Trinajstić information content (AvgIpc) is 3.12. The molecule has 166 valence electrons. The molecule has 0 spiro atoms. The van der Waals surface area contributed by atoms with Gasteiger partial charge in [0, 0.05) is 19.7 Å². The van der Waals surface area contributed by atoms with Gasteiger partial charge in [-0.15, -0.1) is 22.7 Å². The highest BCUT2D eigenvalue weighted by Crippen LogP contribution is 2.52. The third kappa shape index (κ3) is 4.37. The van der Waals surface area contributed by atoms with Gasteiger partial charge in [0.25, 0.3) is 0 Å². The third-order valence-corrected chi connectivity index (χ3v) is 8.54. The summed E-state index contributed by atoms with van der Waals surface area (Å²) in [7, 11) is 0. The van der Waals surface area contributed by atoms with Gasteiger partial charge < -0.3 is 9.84 Å². The van der Waals surface area contributed by atoms with E-state index < -0.39 is 17.5 Å². The maximum Gasteiger partial charge on any atom is 0.412 e. The summed E-state index contributed by atoms with van der Waals surface area (Å²) in [5, 5.41) is 13.9. The van der Waals surface area contributed by atoms with E-state index in [1.54, 1.807) is 5.38 Å². The van der Waals surface area contributed by atoms with Gasteiger partial charge in [0.15, 0.2) is 5.69 Å². The Morgan fingerprint density at radius 3 is 2.61 bits per heavy atom. The third-order valence-electron chi connectivity index (χ3n) is 5.50. The van der Waals surface area contributed by atoms with Crippen molar-refractivity contribution in [2.24, 2.45) is 0 Å². The molecule has 1 amide bonds. The van der Waals surface area contributed by atoms with Crippen LogP contribution < -0.4 is 5.32 Å². The number of amides is 1. The standard InChI is InChI=1S/C24H18N2O4S3/c1-14(15-5-3-2-4-6-15)30-23(29)25-18-13-31-26-17(18)8-7-16-11-19-20(32-16)12-21(33-19)24(9-10-24)22(27)28/h2-6,11-14H,9-10H2,1H3,(H,25,29)(H,27,28). The van der Waals surface area contributed by atoms with E-state index in [0.717, 1.165) is 24.7 Å². The molecule has 9 heteroatoms. The number of hydrogen-bond acceptors (Lipinski definition) is 7. The van der Waals surface area contributed by atoms with E-state index in [2.05, 4.69) is 21.5 Å². The van der Waals surface area contributed by atoms with Gasteiger partial charge in [0.2, 0.25) is 0 Å². The highest BCUT2D eigenvalue weighted by molar-refractivity contribution is 7.28. The van der Waals surface area contributed by atoms with Crippen molar-refractivity contribution >= 4 is 61.4 Å². The minimum absolute atomic E-state index is 0.382. The number of fused-ring (bicyclic) bond motifs is 1. The molecule has 5 rings (SSSR count). The molecule has 1 unspecified atom stereocenters. The molecule has 1 atom stereocenters. The maximum absolute atomic E-state index is 12.3. The molecule has 1 aliphatic carbocycles. The molecule has 1 fully saturated rings. The van der Waals surface area contributed by atoms with Gasteiger partial charge in [-0.1, -0.05) is 30.3 Å². The number of anilines is 1. The lowest BCUT2D eigenvalue weighted by molar-refractivity contribution is -0.139. The number of aliphatic carboxylic acids is 1. The Hall–Kier alpha value is -3.19. The number of carboxylic acids is 1. The van der Waals surface area contributed by atoms with Crippen molar-refractivity contribution < 1.29 is 19.4 Å². The summed E-state index contributed by atoms with van der Waals surface area (Å²) >= 11 is 4.26. The molecule has 0 radical (unpaired) electrons. The first-order chi connectivity index (χ1) is 15.9. The van der Waals surface area contributed by atoms with Gasteiger partial charge in [0.1, 0.15) is 11.5 Å². The second-order valence-corrected chi connectivity index (χ2v) is 10.5. The smallest absolute Gasteiger partial charge is 0.412 e. The molecule has 0 bridgehead atoms. The van der Waals surface area contributed by atoms with Gasteiger partial charge in [0.05, 0.1) is 10.6 Å². The van der Waals surface area contributed by atoms with Crippen molar-refractivity contribution in [1.82, 2.24) is 4.37 Å². The molecule has 2 N–H and O–H groups in total. The minimum atomic E-state index is -0.739. The summed E-state index contributed by atoms with van der Waals surface area (Å²) in [5.74, 6) is 5.40. The van der Waals surface area contributed by atoms with E-state index in [1.165, 1.54) is 34.2 Å². The number of carbonyl (C=O) groups excluding carboxylic acids is 1. The number of nitrogens with zero attached hydrogens (tertiary/aromatic N) is 1. The molecule has 1 aromatic carbocycles. The van der Waals surface area contributed by atoms with Crippen LogP contribution in [0, 0.1) is 11.8 Å². The highest BCUT2D eigenvalue weighted by atomic mass is 32.1. The topological polar surface area (TPSA) is 88.5 Å². The van der Waals surface area contributed by atoms with Crippen molar-refractivity contribution in [3.8, 4) is 11.8 Å². The highest BCUT2D eigenvalue weighted by Gasteiger charge is 2.53. The van der Waals surface area contributed by atoms with E-state index in [9.17, 15) is 14.7 Å². The van der Waals surface area contributed by atoms with Crippen LogP contribution in [-0.4, -0.2) is 21.5 Å². The van der Waals surface area contributed by atoms with Crippen molar-refractivity contribution in [2.75, 3.05) is 5.32 Å². The minimum Gasteiger partial charge on any atom is -0.481 e. The number of rotatable bonds is 5. The molecule has 4 aromatic rings. The summed E-state index contributed by atoms with van der Waals surface area (Å²) in [4.78, 5) is 25.7. The van der Waals surface area contributed by atoms with Crippen LogP contribution in [-0.2, 0) is 14.9 Å². The lowest BCUT2D eigenvalue weighted by Crippen LogP contribution is -2.17. The molecule has 1 saturated carbocycles. The second kappa shape index (κ2) is 8.63. The largest absolute Gasteiger partial charge is 0.481 e. The number of carboxylic acid groups (broad SMARTS) is 1. The molecule has 33 heavy (non-hydrogen) atoms. The average molecular weight is 495 g/mol. The zero-order valence-corrected chi connectivity index (χ0v) is 19.9. The number of aromatic nitrogens is 1. The second-order valence-electron chi connectivity index (χ2n) is 7.75. The number of hydrogen-bond donors (Lipinski definition) is 2. The SMILES string of the molecule is CC(OC(=O)Nc1csnc1C#Cc1cc2sc(C3(C(=O)O)CC3)cc2s1)c1ccccc1. The molecular formula is C24H18N2O4S3. The van der Waals surface area contributed by atoms with Crippen LogP contribution in [0.4, 0.5) is 10.5 Å². The normalized spacial score (nSPS) is 14.8. The Labute approximate surface area is 202 Å². The van der Waals surface area contributed by atoms with Crippen LogP contribution in [0.1, 0.15) is 46.9 Å². The van der Waals surface area contributed by atoms with Gasteiger partial charge in [-0.05, 0) is 60.8 Å². The van der Waals surface area contributed by atoms with E-state index >= 15 is 0 Å². The molecule has 1 aliphatic rings. The number of benzene rings is 1. The zero-order chi connectivity index (χ0) is 23.0. The lowest BCUT2D eigenvalue weighted by atomic mass is 10.1. The number of carbonyl (C=O) groups is 2. The Morgan fingerprint density at radius 1 is 1.15 bits per heavy atom. The van der Waals surface area contributed by atoms with E-state index in [4.69, 9.17) is 4.74 Å². The fourth-order valence-electron chi connectivity index (χ4n) is 3.45. The van der Waals surface area contributed by atoms with Crippen molar-refractivity contribution in [3.05, 3.63) is 68.9 Å². The van der Waals surface area contributed by atoms with Crippen molar-refractivity contribution in [3.63, 3.8) is 0 Å². The first-order valence-electron chi connectivity index (χ1n) is 10.2. The lowest BCUT2D eigenvalue weighted by Gasteiger charge is -2.13. The summed E-state index contributed by atoms with van der Waals surface area (Å²) in [6, 6.07) is 13.5. The van der Waals surface area contributed by atoms with Crippen molar-refractivity contribution in [2.45, 2.75) is 31.3 Å². The first kappa shape index (κ1) is 21.6. The predicted octanol–water partition coefficient (Wildman–Crippen LogP) is 6.25. The fraction of sp³-hybridized carbons (Fsp3) is 0.208. The van der Waals surface area contributed by atoms with Gasteiger partial charge in [-0.25, -0.2) is 4.79 Å². The Balaban J connectivity index is 1.27. The predicted molar refractivity (Wildman–Crippen MR) is 131 cm³/mol. The monoisotopic (exact) mass is 494 g/mol. The Kier molecular flexibility index (Phi) is 5.66. The van der Waals surface area contributed by atoms with Crippen LogP contribution in [0.2, 0.25) is 0 Å². The molecule has 3 aromatic heterocycles. The van der Waals surface area contributed by atoms with Crippen LogP contribution >= 0.6 is 34.2 Å². The van der Waals surface area contributed by atoms with E-state index in [1.807, 2.05) is 49.4 Å². The Morgan fingerprint density at radius 2 is 1.91 bits per heavy atom. The molecule has 0 saturated heterocycles. The quantitative estimate of drug-likeness (QED) is 0.320. The summed E-state index contributed by atoms with van der Waals surface area (Å²) in [6.45, 7) is 1.82. The van der Waals surface area contributed by atoms with Gasteiger partial charge in [-0.3, -0.25) is 10.1 Å². The number of ether oxygens (including phenoxy) is 1. The van der Waals surface area contributed by atoms with Crippen LogP contribution in [0.15, 0.2) is 47.8 Å². The summed E-state index contributed by atoms with van der Waals surface area (Å²) in [6.07, 6.45) is 0.461.